The van der Waals surface area contributed by atoms with E-state index in [1.165, 1.54) is 10.8 Å². The summed E-state index contributed by atoms with van der Waals surface area (Å²) in [6.45, 7) is 0. The highest BCUT2D eigenvalue weighted by Gasteiger charge is 2.18. The van der Waals surface area contributed by atoms with Crippen LogP contribution in [0.1, 0.15) is 18.7 Å². The average molecular weight is 745 g/mol. The molecule has 2 aromatic heterocycles. The summed E-state index contributed by atoms with van der Waals surface area (Å²) < 4.78 is 0. The van der Waals surface area contributed by atoms with E-state index in [0.717, 1.165) is 68.5 Å². The van der Waals surface area contributed by atoms with Crippen molar-refractivity contribution in [1.82, 2.24) is 29.9 Å². The van der Waals surface area contributed by atoms with E-state index in [0.29, 0.717) is 34.9 Å². The third-order valence-electron chi connectivity index (χ3n) is 10.4. The number of hydrogen-bond acceptors (Lipinski definition) is 6. The molecule has 0 aliphatic heterocycles. The minimum absolute atomic E-state index is 0.597. The van der Waals surface area contributed by atoms with Crippen LogP contribution < -0.4 is 0 Å². The predicted molar refractivity (Wildman–Crippen MR) is 235 cm³/mol. The monoisotopic (exact) mass is 744 g/mol. The van der Waals surface area contributed by atoms with Crippen molar-refractivity contribution in [2.75, 3.05) is 0 Å². The summed E-state index contributed by atoms with van der Waals surface area (Å²) in [6.07, 6.45) is 8.47. The minimum atomic E-state index is 0.597. The largest absolute Gasteiger partial charge is 0.208 e. The number of benzene rings is 7. The second-order valence-corrected chi connectivity index (χ2v) is 14.2. The Hall–Kier alpha value is -7.70. The van der Waals surface area contributed by atoms with Crippen LogP contribution in [0.25, 0.3) is 95.5 Å². The molecule has 0 saturated carbocycles. The van der Waals surface area contributed by atoms with Crippen molar-refractivity contribution in [1.29, 1.82) is 0 Å². The highest BCUT2D eigenvalue weighted by molar-refractivity contribution is 5.90. The zero-order valence-electron chi connectivity index (χ0n) is 31.6. The van der Waals surface area contributed by atoms with Crippen molar-refractivity contribution in [3.8, 4) is 79.2 Å². The molecule has 6 heteroatoms. The zero-order valence-corrected chi connectivity index (χ0v) is 31.6. The van der Waals surface area contributed by atoms with E-state index in [2.05, 4.69) is 103 Å². The number of rotatable bonds is 8. The van der Waals surface area contributed by atoms with Gasteiger partial charge >= 0.3 is 0 Å². The Bertz CT molecular complexity index is 2920. The number of allylic oxidation sites excluding steroid dienone is 4. The van der Waals surface area contributed by atoms with Crippen LogP contribution in [-0.4, -0.2) is 29.9 Å². The molecule has 0 unspecified atom stereocenters. The molecule has 2 heterocycles. The first-order valence-corrected chi connectivity index (χ1v) is 19.5. The smallest absolute Gasteiger partial charge is 0.164 e. The summed E-state index contributed by atoms with van der Waals surface area (Å²) >= 11 is 0. The molecule has 0 N–H and O–H groups in total. The fraction of sp³-hybridized carbons (Fsp3) is 0.0385. The van der Waals surface area contributed by atoms with Crippen LogP contribution in [0.15, 0.2) is 194 Å². The second kappa shape index (κ2) is 15.4. The maximum absolute atomic E-state index is 5.13. The summed E-state index contributed by atoms with van der Waals surface area (Å²) in [5.41, 5.74) is 9.85. The van der Waals surface area contributed by atoms with Crippen LogP contribution in [-0.2, 0) is 0 Å². The van der Waals surface area contributed by atoms with E-state index >= 15 is 0 Å². The standard InChI is InChI=1S/C52H36N6/c1-5-16-37(17-6-1)47-53-48(38-18-7-2-8-19-38)55-51(54-47)41-28-26-36(27-29-41)46-34-44(43-30-25-35-15-13-14-24-42(35)33-43)31-32-45(46)52-57-49(39-20-9-3-10-21-39)56-50(58-52)40-22-11-4-12-23-40/h1,3-7,9-34H,2,8H2. The van der Waals surface area contributed by atoms with Crippen molar-refractivity contribution in [2.24, 2.45) is 0 Å². The van der Waals surface area contributed by atoms with Gasteiger partial charge in [0.15, 0.2) is 34.9 Å². The molecule has 10 rings (SSSR count). The second-order valence-electron chi connectivity index (χ2n) is 14.2. The molecule has 6 nitrogen and oxygen atoms in total. The Labute approximate surface area is 337 Å². The fourth-order valence-corrected chi connectivity index (χ4v) is 7.38. The topological polar surface area (TPSA) is 77.3 Å². The van der Waals surface area contributed by atoms with Gasteiger partial charge in [-0.05, 0) is 64.1 Å². The molecule has 0 amide bonds. The molecule has 0 fully saturated rings. The molecule has 1 aliphatic rings. The summed E-state index contributed by atoms with van der Waals surface area (Å²) in [7, 11) is 0. The van der Waals surface area contributed by atoms with Gasteiger partial charge in [0.2, 0.25) is 0 Å². The van der Waals surface area contributed by atoms with Gasteiger partial charge < -0.3 is 0 Å². The highest BCUT2D eigenvalue weighted by atomic mass is 15.0. The minimum Gasteiger partial charge on any atom is -0.208 e. The molecule has 58 heavy (non-hydrogen) atoms. The summed E-state index contributed by atoms with van der Waals surface area (Å²) in [5.74, 6) is 3.78. The Kier molecular flexibility index (Phi) is 9.26. The summed E-state index contributed by atoms with van der Waals surface area (Å²) in [5, 5.41) is 2.40. The normalized spacial score (nSPS) is 12.4. The fourth-order valence-electron chi connectivity index (χ4n) is 7.38. The molecular weight excluding hydrogens is 709 g/mol. The first-order valence-electron chi connectivity index (χ1n) is 19.5. The van der Waals surface area contributed by atoms with Crippen LogP contribution >= 0.6 is 0 Å². The van der Waals surface area contributed by atoms with Gasteiger partial charge in [0.05, 0.1) is 0 Å². The molecule has 274 valence electrons. The van der Waals surface area contributed by atoms with Gasteiger partial charge in [-0.3, -0.25) is 0 Å². The average Bonchev–Trinajstić information content (AvgIpc) is 3.32. The molecular formula is C52H36N6. The van der Waals surface area contributed by atoms with Crippen molar-refractivity contribution in [3.05, 3.63) is 200 Å². The molecule has 0 saturated heterocycles. The Morgan fingerprint density at radius 2 is 0.741 bits per heavy atom. The number of nitrogens with zero attached hydrogens (tertiary/aromatic N) is 6. The highest BCUT2D eigenvalue weighted by Crippen LogP contribution is 2.37. The van der Waals surface area contributed by atoms with Crippen molar-refractivity contribution >= 4 is 16.3 Å². The van der Waals surface area contributed by atoms with Crippen LogP contribution in [0.3, 0.4) is 0 Å². The van der Waals surface area contributed by atoms with Crippen LogP contribution in [0.4, 0.5) is 0 Å². The van der Waals surface area contributed by atoms with Crippen LogP contribution in [0.5, 0.6) is 0 Å². The Morgan fingerprint density at radius 1 is 0.293 bits per heavy atom. The van der Waals surface area contributed by atoms with Gasteiger partial charge in [0.25, 0.3) is 0 Å². The summed E-state index contributed by atoms with van der Waals surface area (Å²) in [6, 6.07) is 60.4. The zero-order chi connectivity index (χ0) is 38.7. The van der Waals surface area contributed by atoms with Crippen molar-refractivity contribution in [2.45, 2.75) is 12.8 Å². The van der Waals surface area contributed by atoms with E-state index < -0.39 is 0 Å². The number of hydrogen-bond donors (Lipinski definition) is 0. The van der Waals surface area contributed by atoms with Gasteiger partial charge in [0.1, 0.15) is 0 Å². The van der Waals surface area contributed by atoms with Crippen LogP contribution in [0, 0.1) is 0 Å². The molecule has 0 spiro atoms. The van der Waals surface area contributed by atoms with E-state index in [-0.39, 0.29) is 0 Å². The lowest BCUT2D eigenvalue weighted by Gasteiger charge is -2.15. The van der Waals surface area contributed by atoms with E-state index in [1.54, 1.807) is 0 Å². The van der Waals surface area contributed by atoms with Crippen molar-refractivity contribution in [3.63, 3.8) is 0 Å². The quantitative estimate of drug-likeness (QED) is 0.154. The Balaban J connectivity index is 1.13. The van der Waals surface area contributed by atoms with Crippen LogP contribution in [0.2, 0.25) is 0 Å². The Morgan fingerprint density at radius 3 is 1.31 bits per heavy atom. The van der Waals surface area contributed by atoms with E-state index in [4.69, 9.17) is 29.9 Å². The number of fused-ring (bicyclic) bond motifs is 1. The molecule has 7 aromatic carbocycles. The maximum atomic E-state index is 5.13. The summed E-state index contributed by atoms with van der Waals surface area (Å²) in [4.78, 5) is 30.1. The number of aromatic nitrogens is 6. The molecule has 0 atom stereocenters. The predicted octanol–water partition coefficient (Wildman–Crippen LogP) is 12.6. The first kappa shape index (κ1) is 34.8. The first-order chi connectivity index (χ1) is 28.7. The van der Waals surface area contributed by atoms with E-state index in [9.17, 15) is 0 Å². The van der Waals surface area contributed by atoms with Crippen molar-refractivity contribution < 1.29 is 0 Å². The van der Waals surface area contributed by atoms with Gasteiger partial charge in [-0.15, -0.1) is 0 Å². The van der Waals surface area contributed by atoms with E-state index in [1.807, 2.05) is 91.0 Å². The molecule has 0 bridgehead atoms. The molecule has 9 aromatic rings. The lowest BCUT2D eigenvalue weighted by atomic mass is 9.92. The van der Waals surface area contributed by atoms with Gasteiger partial charge in [-0.1, -0.05) is 176 Å². The maximum Gasteiger partial charge on any atom is 0.164 e. The lowest BCUT2D eigenvalue weighted by Crippen LogP contribution is -2.03. The SMILES string of the molecule is C1=CC(c2nc(-c3ccccc3)nc(-c3ccc(-c4cc(-c5ccc6ccccc6c5)ccc4-c4nc(-c5ccccc5)nc(-c5ccccc5)n4)cc3)n2)=CCC1. The third kappa shape index (κ3) is 7.11. The van der Waals surface area contributed by atoms with Gasteiger partial charge in [-0.25, -0.2) is 29.9 Å². The molecule has 0 radical (unpaired) electrons. The molecule has 1 aliphatic carbocycles. The van der Waals surface area contributed by atoms with Gasteiger partial charge in [0, 0.05) is 33.4 Å². The third-order valence-corrected chi connectivity index (χ3v) is 10.4. The van der Waals surface area contributed by atoms with Gasteiger partial charge in [-0.2, -0.15) is 0 Å². The lowest BCUT2D eigenvalue weighted by molar-refractivity contribution is 1.01.